The summed E-state index contributed by atoms with van der Waals surface area (Å²) in [6.07, 6.45) is -2.17. The van der Waals surface area contributed by atoms with Gasteiger partial charge < -0.3 is 10.6 Å². The van der Waals surface area contributed by atoms with Crippen molar-refractivity contribution in [1.29, 1.82) is 0 Å². The Morgan fingerprint density at radius 3 is 2.66 bits per heavy atom. The number of para-hydroxylation sites is 1. The highest BCUT2D eigenvalue weighted by atomic mass is 32.2. The number of nitrogens with one attached hydrogen (secondary N) is 2. The number of hydrogen-bond donors (Lipinski definition) is 2. The van der Waals surface area contributed by atoms with E-state index < -0.39 is 28.8 Å². The van der Waals surface area contributed by atoms with Crippen LogP contribution in [0, 0.1) is 0 Å². The van der Waals surface area contributed by atoms with Gasteiger partial charge in [0, 0.05) is 12.0 Å². The number of alkyl halides is 3. The van der Waals surface area contributed by atoms with Crippen molar-refractivity contribution in [3.05, 3.63) is 65.2 Å². The molecule has 2 N–H and O–H groups in total. The third-order valence-electron chi connectivity index (χ3n) is 5.10. The zero-order valence-corrected chi connectivity index (χ0v) is 17.6. The largest absolute Gasteiger partial charge is 0.418 e. The summed E-state index contributed by atoms with van der Waals surface area (Å²) in [7, 11) is 0. The number of amides is 2. The van der Waals surface area contributed by atoms with Gasteiger partial charge in [-0.3, -0.25) is 9.59 Å². The molecular formula is C22H19F3N4O2S. The highest BCUT2D eigenvalue weighted by Crippen LogP contribution is 2.35. The molecule has 1 aliphatic carbocycles. The molecule has 0 saturated carbocycles. The van der Waals surface area contributed by atoms with Crippen LogP contribution in [0.1, 0.15) is 36.0 Å². The normalized spacial score (nSPS) is 20.8. The van der Waals surface area contributed by atoms with Crippen LogP contribution in [0.5, 0.6) is 0 Å². The third-order valence-corrected chi connectivity index (χ3v) is 6.18. The van der Waals surface area contributed by atoms with Crippen molar-refractivity contribution in [3.63, 3.8) is 0 Å². The van der Waals surface area contributed by atoms with Crippen molar-refractivity contribution in [2.45, 2.75) is 37.1 Å². The van der Waals surface area contributed by atoms with E-state index in [1.54, 1.807) is 0 Å². The topological polar surface area (TPSA) is 82.9 Å². The molecule has 1 atom stereocenters. The minimum atomic E-state index is -4.60. The zero-order chi connectivity index (χ0) is 22.7. The number of fused-ring (bicyclic) bond motifs is 1. The van der Waals surface area contributed by atoms with Gasteiger partial charge in [-0.1, -0.05) is 48.2 Å². The summed E-state index contributed by atoms with van der Waals surface area (Å²) in [5.41, 5.74) is 1.79. The molecule has 0 bridgehead atoms. The van der Waals surface area contributed by atoms with Crippen molar-refractivity contribution in [1.82, 2.24) is 5.32 Å². The van der Waals surface area contributed by atoms with Gasteiger partial charge in [0.05, 0.1) is 17.0 Å². The van der Waals surface area contributed by atoms with Gasteiger partial charge in [-0.05, 0) is 37.0 Å². The van der Waals surface area contributed by atoms with Crippen LogP contribution in [-0.2, 0) is 22.2 Å². The summed E-state index contributed by atoms with van der Waals surface area (Å²) < 4.78 is 39.3. The van der Waals surface area contributed by atoms with Crippen LogP contribution >= 0.6 is 11.8 Å². The van der Waals surface area contributed by atoms with Gasteiger partial charge in [-0.2, -0.15) is 18.3 Å². The Bertz CT molecular complexity index is 1110. The van der Waals surface area contributed by atoms with E-state index in [1.165, 1.54) is 23.8 Å². The molecule has 0 aromatic heterocycles. The first-order valence-corrected chi connectivity index (χ1v) is 10.9. The molecule has 32 heavy (non-hydrogen) atoms. The van der Waals surface area contributed by atoms with Gasteiger partial charge in [0.2, 0.25) is 11.8 Å². The molecule has 10 heteroatoms. The molecule has 1 fully saturated rings. The molecular weight excluding hydrogens is 441 g/mol. The summed E-state index contributed by atoms with van der Waals surface area (Å²) >= 11 is 1.04. The zero-order valence-electron chi connectivity index (χ0n) is 16.8. The lowest BCUT2D eigenvalue weighted by molar-refractivity contribution is -0.137. The van der Waals surface area contributed by atoms with E-state index in [1.807, 2.05) is 18.2 Å². The summed E-state index contributed by atoms with van der Waals surface area (Å²) in [5.74, 6) is -1.12. The second-order valence-corrected chi connectivity index (χ2v) is 8.55. The molecule has 0 spiro atoms. The third kappa shape index (κ3) is 5.01. The molecule has 2 aromatic rings. The average Bonchev–Trinajstić information content (AvgIpc) is 3.10. The van der Waals surface area contributed by atoms with E-state index in [0.29, 0.717) is 0 Å². The minimum absolute atomic E-state index is 0.263. The number of hydrogen-bond acceptors (Lipinski definition) is 5. The van der Waals surface area contributed by atoms with E-state index >= 15 is 0 Å². The molecule has 4 rings (SSSR count). The van der Waals surface area contributed by atoms with Crippen LogP contribution < -0.4 is 10.6 Å². The Labute approximate surface area is 186 Å². The summed E-state index contributed by atoms with van der Waals surface area (Å²) in [5, 5.41) is 12.7. The molecule has 2 aliphatic rings. The number of halogens is 3. The van der Waals surface area contributed by atoms with Crippen molar-refractivity contribution < 1.29 is 22.8 Å². The van der Waals surface area contributed by atoms with Crippen molar-refractivity contribution in [2.75, 3.05) is 5.32 Å². The van der Waals surface area contributed by atoms with Crippen LogP contribution in [0.3, 0.4) is 0 Å². The lowest BCUT2D eigenvalue weighted by atomic mass is 9.90. The Morgan fingerprint density at radius 2 is 1.84 bits per heavy atom. The molecule has 0 unspecified atom stereocenters. The molecule has 2 aromatic carbocycles. The molecule has 2 amide bonds. The summed E-state index contributed by atoms with van der Waals surface area (Å²) in [4.78, 5) is 24.5. The number of amidine groups is 1. The van der Waals surface area contributed by atoms with E-state index in [9.17, 15) is 22.8 Å². The first-order valence-electron chi connectivity index (χ1n) is 9.97. The number of aryl methyl sites for hydroxylation is 1. The fourth-order valence-corrected chi connectivity index (χ4v) is 4.52. The van der Waals surface area contributed by atoms with Crippen molar-refractivity contribution >= 4 is 40.1 Å². The van der Waals surface area contributed by atoms with Gasteiger partial charge >= 0.3 is 6.18 Å². The maximum atomic E-state index is 13.1. The molecule has 1 aliphatic heterocycles. The van der Waals surface area contributed by atoms with E-state index in [-0.39, 0.29) is 17.3 Å². The predicted molar refractivity (Wildman–Crippen MR) is 118 cm³/mol. The van der Waals surface area contributed by atoms with Crippen LogP contribution in [0.25, 0.3) is 0 Å². The molecule has 6 nitrogen and oxygen atoms in total. The first-order chi connectivity index (χ1) is 15.3. The van der Waals surface area contributed by atoms with Crippen molar-refractivity contribution in [2.24, 2.45) is 10.2 Å². The molecule has 0 radical (unpaired) electrons. The van der Waals surface area contributed by atoms with E-state index in [2.05, 4.69) is 26.9 Å². The highest BCUT2D eigenvalue weighted by Gasteiger charge is 2.35. The lowest BCUT2D eigenvalue weighted by Crippen LogP contribution is -2.28. The Morgan fingerprint density at radius 1 is 1.09 bits per heavy atom. The molecule has 1 heterocycles. The number of carbonyl (C=O) groups excluding carboxylic acids is 2. The van der Waals surface area contributed by atoms with E-state index in [0.717, 1.165) is 48.4 Å². The molecule has 166 valence electrons. The Kier molecular flexibility index (Phi) is 6.31. The van der Waals surface area contributed by atoms with Gasteiger partial charge in [0.1, 0.15) is 5.25 Å². The standard InChI is InChI=1S/C22H19F3N4O2S/c23-22(24,25)15-9-3-4-10-17(15)26-19(30)12-18-20(31)27-21(32-18)29-28-16-11-5-7-13-6-1-2-8-14(13)16/h1-4,6,8-10,18H,5,7,11-12H2,(H,26,30)(H,27,29,31)/t18-/m1/s1. The SMILES string of the molecule is O=C(C[C@H]1SC(=NN=C2CCCc3ccccc32)NC1=O)Nc1ccccc1C(F)(F)F. The van der Waals surface area contributed by atoms with Gasteiger partial charge in [-0.25, -0.2) is 0 Å². The van der Waals surface area contributed by atoms with Crippen LogP contribution in [0.15, 0.2) is 58.7 Å². The van der Waals surface area contributed by atoms with Crippen LogP contribution in [-0.4, -0.2) is 27.9 Å². The lowest BCUT2D eigenvalue weighted by Gasteiger charge is -2.16. The van der Waals surface area contributed by atoms with Gasteiger partial charge in [-0.15, -0.1) is 5.10 Å². The Hall–Kier alpha value is -3.14. The maximum Gasteiger partial charge on any atom is 0.418 e. The number of rotatable bonds is 4. The summed E-state index contributed by atoms with van der Waals surface area (Å²) in [6.45, 7) is 0. The average molecular weight is 460 g/mol. The van der Waals surface area contributed by atoms with Gasteiger partial charge in [0.25, 0.3) is 0 Å². The number of nitrogens with zero attached hydrogens (tertiary/aromatic N) is 2. The second kappa shape index (κ2) is 9.15. The number of anilines is 1. The summed E-state index contributed by atoms with van der Waals surface area (Å²) in [6, 6.07) is 12.7. The fourth-order valence-electron chi connectivity index (χ4n) is 3.61. The Balaban J connectivity index is 1.41. The quantitative estimate of drug-likeness (QED) is 0.665. The fraction of sp³-hybridized carbons (Fsp3) is 0.273. The van der Waals surface area contributed by atoms with Crippen molar-refractivity contribution in [3.8, 4) is 0 Å². The maximum absolute atomic E-state index is 13.1. The smallest absolute Gasteiger partial charge is 0.325 e. The second-order valence-electron chi connectivity index (χ2n) is 7.35. The predicted octanol–water partition coefficient (Wildman–Crippen LogP) is 4.36. The first kappa shape index (κ1) is 22.1. The minimum Gasteiger partial charge on any atom is -0.325 e. The number of carbonyl (C=O) groups is 2. The van der Waals surface area contributed by atoms with Crippen LogP contribution in [0.4, 0.5) is 18.9 Å². The van der Waals surface area contributed by atoms with Gasteiger partial charge in [0.15, 0.2) is 5.17 Å². The molecule has 1 saturated heterocycles. The van der Waals surface area contributed by atoms with E-state index in [4.69, 9.17) is 0 Å². The van der Waals surface area contributed by atoms with Crippen LogP contribution in [0.2, 0.25) is 0 Å². The highest BCUT2D eigenvalue weighted by molar-refractivity contribution is 8.15. The monoisotopic (exact) mass is 460 g/mol. The number of benzene rings is 2. The number of thioether (sulfide) groups is 1.